The summed E-state index contributed by atoms with van der Waals surface area (Å²) in [6.07, 6.45) is 3.85. The number of rotatable bonds is 6. The molecule has 1 N–H and O–H groups in total. The van der Waals surface area contributed by atoms with Crippen LogP contribution in [0.1, 0.15) is 42.3 Å². The van der Waals surface area contributed by atoms with Gasteiger partial charge in [-0.2, -0.15) is 0 Å². The van der Waals surface area contributed by atoms with E-state index in [1.807, 2.05) is 35.2 Å². The predicted molar refractivity (Wildman–Crippen MR) is 99.4 cm³/mol. The van der Waals surface area contributed by atoms with Crippen molar-refractivity contribution >= 4 is 11.8 Å². The fourth-order valence-electron chi connectivity index (χ4n) is 3.66. The molecule has 1 aromatic carbocycles. The molecule has 5 heteroatoms. The van der Waals surface area contributed by atoms with Crippen LogP contribution in [0.4, 0.5) is 0 Å². The number of carbonyl (C=O) groups is 2. The van der Waals surface area contributed by atoms with E-state index in [1.54, 1.807) is 12.1 Å². The molecule has 1 aromatic heterocycles. The fraction of sp³-hybridized carbons (Fsp3) is 0.429. The molecule has 1 fully saturated rings. The van der Waals surface area contributed by atoms with E-state index in [4.69, 9.17) is 4.42 Å². The summed E-state index contributed by atoms with van der Waals surface area (Å²) < 4.78 is 5.23. The van der Waals surface area contributed by atoms with Gasteiger partial charge in [0.05, 0.1) is 6.26 Å². The highest BCUT2D eigenvalue weighted by Crippen LogP contribution is 2.29. The Balaban J connectivity index is 1.51. The first-order chi connectivity index (χ1) is 12.7. The molecule has 2 amide bonds. The van der Waals surface area contributed by atoms with Crippen molar-refractivity contribution in [1.82, 2.24) is 10.2 Å². The maximum Gasteiger partial charge on any atom is 0.289 e. The van der Waals surface area contributed by atoms with Gasteiger partial charge in [0.2, 0.25) is 5.91 Å². The third-order valence-corrected chi connectivity index (χ3v) is 5.22. The van der Waals surface area contributed by atoms with Crippen LogP contribution in [-0.2, 0) is 11.3 Å². The van der Waals surface area contributed by atoms with E-state index >= 15 is 0 Å². The first-order valence-electron chi connectivity index (χ1n) is 9.30. The fourth-order valence-corrected chi connectivity index (χ4v) is 3.66. The molecule has 2 atom stereocenters. The van der Waals surface area contributed by atoms with Crippen LogP contribution >= 0.6 is 0 Å². The van der Waals surface area contributed by atoms with Gasteiger partial charge in [-0.25, -0.2) is 0 Å². The maximum atomic E-state index is 12.5. The number of hydrogen-bond donors (Lipinski definition) is 1. The summed E-state index contributed by atoms with van der Waals surface area (Å²) in [5.41, 5.74) is 1.10. The van der Waals surface area contributed by atoms with Crippen LogP contribution in [0.2, 0.25) is 0 Å². The van der Waals surface area contributed by atoms with Crippen LogP contribution in [0, 0.1) is 11.8 Å². The van der Waals surface area contributed by atoms with Crippen LogP contribution in [0.15, 0.2) is 53.1 Å². The minimum Gasteiger partial charge on any atom is -0.459 e. The van der Waals surface area contributed by atoms with Gasteiger partial charge in [0, 0.05) is 26.1 Å². The molecular formula is C21H26N2O3. The number of likely N-dealkylation sites (tertiary alicyclic amines) is 1. The first kappa shape index (κ1) is 18.2. The van der Waals surface area contributed by atoms with Crippen LogP contribution in [0.5, 0.6) is 0 Å². The van der Waals surface area contributed by atoms with Crippen molar-refractivity contribution in [2.24, 2.45) is 11.8 Å². The van der Waals surface area contributed by atoms with E-state index in [0.717, 1.165) is 18.4 Å². The van der Waals surface area contributed by atoms with Crippen molar-refractivity contribution in [3.05, 3.63) is 60.1 Å². The second-order valence-corrected chi connectivity index (χ2v) is 6.91. The zero-order valence-corrected chi connectivity index (χ0v) is 15.2. The molecule has 26 heavy (non-hydrogen) atoms. The summed E-state index contributed by atoms with van der Waals surface area (Å²) >= 11 is 0. The van der Waals surface area contributed by atoms with Crippen molar-refractivity contribution in [2.75, 3.05) is 13.1 Å². The lowest BCUT2D eigenvalue weighted by atomic mass is 9.81. The standard InChI is InChI=1S/C21H26N2O3/c1-2-17-15-23(21(25)19-9-6-12-26-19)11-10-18(17)13-20(24)22-14-16-7-4-3-5-8-16/h3-9,12,17-18H,2,10-11,13-15H2,1H3,(H,22,24)/t17-,18+/m1/s1. The van der Waals surface area contributed by atoms with Gasteiger partial charge < -0.3 is 14.6 Å². The van der Waals surface area contributed by atoms with Crippen molar-refractivity contribution in [2.45, 2.75) is 32.7 Å². The highest BCUT2D eigenvalue weighted by Gasteiger charge is 2.32. The number of furan rings is 1. The molecule has 5 nitrogen and oxygen atoms in total. The van der Waals surface area contributed by atoms with Crippen molar-refractivity contribution < 1.29 is 14.0 Å². The molecule has 1 aliphatic rings. The van der Waals surface area contributed by atoms with Crippen LogP contribution in [-0.4, -0.2) is 29.8 Å². The summed E-state index contributed by atoms with van der Waals surface area (Å²) in [6.45, 7) is 4.05. The molecular weight excluding hydrogens is 328 g/mol. The Morgan fingerprint density at radius 3 is 2.65 bits per heavy atom. The largest absolute Gasteiger partial charge is 0.459 e. The lowest BCUT2D eigenvalue weighted by Crippen LogP contribution is -2.44. The number of nitrogens with zero attached hydrogens (tertiary/aromatic N) is 1. The second-order valence-electron chi connectivity index (χ2n) is 6.91. The molecule has 1 saturated heterocycles. The van der Waals surface area contributed by atoms with Gasteiger partial charge in [0.25, 0.3) is 5.91 Å². The number of benzene rings is 1. The zero-order valence-electron chi connectivity index (χ0n) is 15.2. The molecule has 2 heterocycles. The second kappa shape index (κ2) is 8.70. The van der Waals surface area contributed by atoms with Gasteiger partial charge in [-0.15, -0.1) is 0 Å². The van der Waals surface area contributed by atoms with E-state index in [9.17, 15) is 9.59 Å². The molecule has 0 radical (unpaired) electrons. The van der Waals surface area contributed by atoms with Crippen LogP contribution < -0.4 is 5.32 Å². The minimum atomic E-state index is -0.0552. The highest BCUT2D eigenvalue weighted by molar-refractivity contribution is 5.91. The lowest BCUT2D eigenvalue weighted by molar-refractivity contribution is -0.123. The number of hydrogen-bond acceptors (Lipinski definition) is 3. The van der Waals surface area contributed by atoms with Gasteiger partial charge in [-0.05, 0) is 36.0 Å². The van der Waals surface area contributed by atoms with Gasteiger partial charge in [0.15, 0.2) is 5.76 Å². The van der Waals surface area contributed by atoms with Crippen LogP contribution in [0.3, 0.4) is 0 Å². The summed E-state index contributed by atoms with van der Waals surface area (Å²) in [6, 6.07) is 13.4. The number of amides is 2. The van der Waals surface area contributed by atoms with Gasteiger partial charge in [-0.3, -0.25) is 9.59 Å². The molecule has 0 spiro atoms. The SMILES string of the molecule is CC[C@@H]1CN(C(=O)c2ccco2)CC[C@H]1CC(=O)NCc1ccccc1. The van der Waals surface area contributed by atoms with E-state index in [1.165, 1.54) is 6.26 Å². The Labute approximate surface area is 154 Å². The molecule has 0 bridgehead atoms. The smallest absolute Gasteiger partial charge is 0.289 e. The van der Waals surface area contributed by atoms with Crippen molar-refractivity contribution in [3.63, 3.8) is 0 Å². The molecule has 0 unspecified atom stereocenters. The summed E-state index contributed by atoms with van der Waals surface area (Å²) in [5, 5.41) is 3.01. The monoisotopic (exact) mass is 354 g/mol. The quantitative estimate of drug-likeness (QED) is 0.864. The summed E-state index contributed by atoms with van der Waals surface area (Å²) in [5.74, 6) is 1.07. The molecule has 2 aromatic rings. The topological polar surface area (TPSA) is 62.6 Å². The van der Waals surface area contributed by atoms with Crippen molar-refractivity contribution in [1.29, 1.82) is 0 Å². The van der Waals surface area contributed by atoms with Gasteiger partial charge in [0.1, 0.15) is 0 Å². The Kier molecular flexibility index (Phi) is 6.10. The molecule has 1 aliphatic heterocycles. The Morgan fingerprint density at radius 2 is 1.96 bits per heavy atom. The highest BCUT2D eigenvalue weighted by atomic mass is 16.3. The third-order valence-electron chi connectivity index (χ3n) is 5.22. The Morgan fingerprint density at radius 1 is 1.15 bits per heavy atom. The molecule has 0 aliphatic carbocycles. The maximum absolute atomic E-state index is 12.5. The normalized spacial score (nSPS) is 20.0. The average molecular weight is 354 g/mol. The Hall–Kier alpha value is -2.56. The summed E-state index contributed by atoms with van der Waals surface area (Å²) in [4.78, 5) is 26.7. The lowest BCUT2D eigenvalue weighted by Gasteiger charge is -2.37. The first-order valence-corrected chi connectivity index (χ1v) is 9.30. The number of piperidine rings is 1. The minimum absolute atomic E-state index is 0.0552. The van der Waals surface area contributed by atoms with E-state index in [0.29, 0.717) is 43.7 Å². The van der Waals surface area contributed by atoms with Gasteiger partial charge >= 0.3 is 0 Å². The van der Waals surface area contributed by atoms with Crippen LogP contribution in [0.25, 0.3) is 0 Å². The van der Waals surface area contributed by atoms with Crippen molar-refractivity contribution in [3.8, 4) is 0 Å². The van der Waals surface area contributed by atoms with E-state index in [-0.39, 0.29) is 11.8 Å². The predicted octanol–water partition coefficient (Wildman–Crippen LogP) is 3.47. The summed E-state index contributed by atoms with van der Waals surface area (Å²) in [7, 11) is 0. The third kappa shape index (κ3) is 4.54. The number of carbonyl (C=O) groups excluding carboxylic acids is 2. The molecule has 3 rings (SSSR count). The number of nitrogens with one attached hydrogen (secondary N) is 1. The molecule has 0 saturated carbocycles. The van der Waals surface area contributed by atoms with E-state index in [2.05, 4.69) is 12.2 Å². The van der Waals surface area contributed by atoms with E-state index < -0.39 is 0 Å². The Bertz CT molecular complexity index is 712. The average Bonchev–Trinajstić information content (AvgIpc) is 3.22. The zero-order chi connectivity index (χ0) is 18.4. The molecule has 138 valence electrons. The van der Waals surface area contributed by atoms with Gasteiger partial charge in [-0.1, -0.05) is 43.7 Å².